The molecule has 3 rings (SSSR count). The number of hydrogen-bond acceptors (Lipinski definition) is 7. The predicted octanol–water partition coefficient (Wildman–Crippen LogP) is 3.00. The lowest BCUT2D eigenvalue weighted by molar-refractivity contribution is -0.0564. The molecule has 0 amide bonds. The molecule has 0 N–H and O–H groups in total. The number of benzene rings is 1. The SMILES string of the molecule is CON(Cc1ccc(-c2noc(C(C)(F)F)n2)cn1)S(=O)(=O)c1ccccc1. The van der Waals surface area contributed by atoms with E-state index in [-0.39, 0.29) is 17.3 Å². The standard InChI is InChI=1S/C17H16F2N4O4S/c1-17(18,19)16-21-15(22-27-16)12-8-9-13(20-10-12)11-23(26-2)28(24,25)14-6-4-3-5-7-14/h3-10H,11H2,1-2H3. The van der Waals surface area contributed by atoms with Gasteiger partial charge in [-0.25, -0.2) is 8.42 Å². The van der Waals surface area contributed by atoms with Crippen LogP contribution in [0.2, 0.25) is 0 Å². The van der Waals surface area contributed by atoms with Crippen molar-refractivity contribution in [3.8, 4) is 11.4 Å². The summed E-state index contributed by atoms with van der Waals surface area (Å²) in [6, 6.07) is 10.9. The lowest BCUT2D eigenvalue weighted by Crippen LogP contribution is -2.30. The van der Waals surface area contributed by atoms with Crippen LogP contribution in [-0.4, -0.2) is 35.1 Å². The molecular weight excluding hydrogens is 394 g/mol. The quantitative estimate of drug-likeness (QED) is 0.552. The number of hydrogen-bond donors (Lipinski definition) is 0. The van der Waals surface area contributed by atoms with E-state index >= 15 is 0 Å². The second kappa shape index (κ2) is 7.70. The third kappa shape index (κ3) is 4.21. The molecule has 28 heavy (non-hydrogen) atoms. The van der Waals surface area contributed by atoms with E-state index in [0.29, 0.717) is 18.2 Å². The second-order valence-electron chi connectivity index (χ2n) is 5.81. The first kappa shape index (κ1) is 20.0. The van der Waals surface area contributed by atoms with Crippen molar-refractivity contribution in [2.75, 3.05) is 7.11 Å². The van der Waals surface area contributed by atoms with Crippen molar-refractivity contribution in [1.29, 1.82) is 0 Å². The normalized spacial score (nSPS) is 12.5. The molecule has 3 aromatic rings. The highest BCUT2D eigenvalue weighted by Crippen LogP contribution is 2.27. The lowest BCUT2D eigenvalue weighted by atomic mass is 10.2. The number of aromatic nitrogens is 3. The van der Waals surface area contributed by atoms with Crippen molar-refractivity contribution in [2.24, 2.45) is 0 Å². The summed E-state index contributed by atoms with van der Waals surface area (Å²) >= 11 is 0. The van der Waals surface area contributed by atoms with Crippen LogP contribution in [0.1, 0.15) is 18.5 Å². The van der Waals surface area contributed by atoms with Crippen LogP contribution < -0.4 is 0 Å². The third-order valence-corrected chi connectivity index (χ3v) is 5.37. The highest BCUT2D eigenvalue weighted by Gasteiger charge is 2.32. The maximum absolute atomic E-state index is 13.2. The maximum atomic E-state index is 13.2. The molecule has 0 unspecified atom stereocenters. The fourth-order valence-electron chi connectivity index (χ4n) is 2.26. The van der Waals surface area contributed by atoms with Gasteiger partial charge >= 0.3 is 5.92 Å². The van der Waals surface area contributed by atoms with Gasteiger partial charge in [-0.15, -0.1) is 0 Å². The molecule has 0 saturated heterocycles. The average molecular weight is 410 g/mol. The number of pyridine rings is 1. The molecular formula is C17H16F2N4O4S. The Balaban J connectivity index is 1.79. The van der Waals surface area contributed by atoms with Crippen LogP contribution >= 0.6 is 0 Å². The monoisotopic (exact) mass is 410 g/mol. The minimum absolute atomic E-state index is 0.0453. The number of sulfonamides is 1. The van der Waals surface area contributed by atoms with E-state index in [1.54, 1.807) is 18.2 Å². The van der Waals surface area contributed by atoms with Crippen molar-refractivity contribution < 1.29 is 26.6 Å². The van der Waals surface area contributed by atoms with E-state index in [0.717, 1.165) is 4.47 Å². The zero-order valence-electron chi connectivity index (χ0n) is 14.9. The van der Waals surface area contributed by atoms with Crippen molar-refractivity contribution in [3.05, 3.63) is 60.2 Å². The van der Waals surface area contributed by atoms with Crippen LogP contribution in [0.25, 0.3) is 11.4 Å². The largest absolute Gasteiger partial charge is 0.332 e. The highest BCUT2D eigenvalue weighted by atomic mass is 32.2. The Bertz CT molecular complexity index is 1040. The molecule has 0 aliphatic rings. The first-order chi connectivity index (χ1) is 13.2. The molecule has 1 aromatic carbocycles. The molecule has 0 aliphatic heterocycles. The molecule has 0 bridgehead atoms. The first-order valence-electron chi connectivity index (χ1n) is 8.01. The molecule has 2 heterocycles. The van der Waals surface area contributed by atoms with Crippen molar-refractivity contribution in [3.63, 3.8) is 0 Å². The summed E-state index contributed by atoms with van der Waals surface area (Å²) in [5.74, 6) is -4.09. The Labute approximate surface area is 159 Å². The first-order valence-corrected chi connectivity index (χ1v) is 9.45. The van der Waals surface area contributed by atoms with Crippen molar-refractivity contribution >= 4 is 10.0 Å². The second-order valence-corrected chi connectivity index (χ2v) is 7.64. The van der Waals surface area contributed by atoms with Crippen LogP contribution in [0.4, 0.5) is 8.78 Å². The molecule has 0 spiro atoms. The van der Waals surface area contributed by atoms with Gasteiger partial charge < -0.3 is 4.52 Å². The van der Waals surface area contributed by atoms with Gasteiger partial charge in [-0.05, 0) is 24.3 Å². The molecule has 11 heteroatoms. The zero-order valence-corrected chi connectivity index (χ0v) is 15.7. The van der Waals surface area contributed by atoms with Crippen LogP contribution in [0.15, 0.2) is 58.1 Å². The van der Waals surface area contributed by atoms with E-state index in [1.165, 1.54) is 37.6 Å². The summed E-state index contributed by atoms with van der Waals surface area (Å²) in [5.41, 5.74) is 0.715. The van der Waals surface area contributed by atoms with Gasteiger partial charge in [-0.1, -0.05) is 27.8 Å². The summed E-state index contributed by atoms with van der Waals surface area (Å²) in [4.78, 5) is 12.9. The van der Waals surface area contributed by atoms with Gasteiger partial charge in [0.05, 0.1) is 24.2 Å². The maximum Gasteiger partial charge on any atom is 0.322 e. The van der Waals surface area contributed by atoms with E-state index in [9.17, 15) is 17.2 Å². The zero-order chi connectivity index (χ0) is 20.4. The van der Waals surface area contributed by atoms with Crippen molar-refractivity contribution in [2.45, 2.75) is 24.3 Å². The van der Waals surface area contributed by atoms with Gasteiger partial charge in [0.15, 0.2) is 0 Å². The number of rotatable bonds is 7. The van der Waals surface area contributed by atoms with Gasteiger partial charge in [0.25, 0.3) is 15.9 Å². The molecule has 8 nitrogen and oxygen atoms in total. The summed E-state index contributed by atoms with van der Waals surface area (Å²) < 4.78 is 57.0. The van der Waals surface area contributed by atoms with E-state index in [4.69, 9.17) is 4.84 Å². The molecule has 0 radical (unpaired) electrons. The highest BCUT2D eigenvalue weighted by molar-refractivity contribution is 7.89. The third-order valence-electron chi connectivity index (χ3n) is 3.69. The topological polar surface area (TPSA) is 98.4 Å². The molecule has 0 aliphatic carbocycles. The van der Waals surface area contributed by atoms with E-state index in [1.807, 2.05) is 0 Å². The summed E-state index contributed by atoms with van der Waals surface area (Å²) in [6.07, 6.45) is 1.33. The molecule has 0 atom stereocenters. The fourth-order valence-corrected chi connectivity index (χ4v) is 3.49. The molecule has 2 aromatic heterocycles. The van der Waals surface area contributed by atoms with Crippen LogP contribution in [0, 0.1) is 0 Å². The van der Waals surface area contributed by atoms with Crippen LogP contribution in [0.3, 0.4) is 0 Å². The van der Waals surface area contributed by atoms with Crippen LogP contribution in [0.5, 0.6) is 0 Å². The number of alkyl halides is 2. The number of hydroxylamine groups is 1. The van der Waals surface area contributed by atoms with Gasteiger partial charge in [0.1, 0.15) is 0 Å². The molecule has 0 saturated carbocycles. The number of halogens is 2. The Morgan fingerprint density at radius 2 is 1.89 bits per heavy atom. The lowest BCUT2D eigenvalue weighted by Gasteiger charge is -2.19. The van der Waals surface area contributed by atoms with E-state index < -0.39 is 21.8 Å². The number of nitrogens with zero attached hydrogens (tertiary/aromatic N) is 4. The molecule has 0 fully saturated rings. The predicted molar refractivity (Wildman–Crippen MR) is 93.3 cm³/mol. The van der Waals surface area contributed by atoms with Crippen molar-refractivity contribution in [1.82, 2.24) is 19.6 Å². The van der Waals surface area contributed by atoms with E-state index in [2.05, 4.69) is 19.6 Å². The Kier molecular flexibility index (Phi) is 5.49. The minimum atomic E-state index is -3.88. The smallest absolute Gasteiger partial charge is 0.322 e. The van der Waals surface area contributed by atoms with Gasteiger partial charge in [0, 0.05) is 18.7 Å². The Morgan fingerprint density at radius 1 is 1.18 bits per heavy atom. The Hall–Kier alpha value is -2.76. The fraction of sp³-hybridized carbons (Fsp3) is 0.235. The summed E-state index contributed by atoms with van der Waals surface area (Å²) in [5, 5.41) is 3.50. The van der Waals surface area contributed by atoms with Gasteiger partial charge in [-0.2, -0.15) is 13.8 Å². The molecule has 148 valence electrons. The summed E-state index contributed by atoms with van der Waals surface area (Å²) in [7, 11) is -2.64. The van der Waals surface area contributed by atoms with Gasteiger partial charge in [0.2, 0.25) is 5.82 Å². The Morgan fingerprint density at radius 3 is 2.43 bits per heavy atom. The minimum Gasteiger partial charge on any atom is -0.332 e. The van der Waals surface area contributed by atoms with Gasteiger partial charge in [-0.3, -0.25) is 9.82 Å². The summed E-state index contributed by atoms with van der Waals surface area (Å²) in [6.45, 7) is 0.497. The van der Waals surface area contributed by atoms with Crippen LogP contribution in [-0.2, 0) is 27.3 Å². The average Bonchev–Trinajstić information content (AvgIpc) is 3.18.